The lowest BCUT2D eigenvalue weighted by atomic mass is 10.0. The average Bonchev–Trinajstić information content (AvgIpc) is 3.40. The fourth-order valence-electron chi connectivity index (χ4n) is 3.60. The minimum atomic E-state index is -0.898. The first kappa shape index (κ1) is 18.4. The van der Waals surface area contributed by atoms with Gasteiger partial charge in [0.1, 0.15) is 0 Å². The second-order valence-corrected chi connectivity index (χ2v) is 7.49. The Morgan fingerprint density at radius 2 is 1.88 bits per heavy atom. The molecular formula is C20H26N2O4. The molecule has 26 heavy (non-hydrogen) atoms. The highest BCUT2D eigenvalue weighted by atomic mass is 16.4. The van der Waals surface area contributed by atoms with E-state index in [4.69, 9.17) is 5.11 Å². The van der Waals surface area contributed by atoms with E-state index < -0.39 is 11.9 Å². The number of hydrogen-bond acceptors (Lipinski definition) is 3. The van der Waals surface area contributed by atoms with Crippen molar-refractivity contribution in [3.63, 3.8) is 0 Å². The summed E-state index contributed by atoms with van der Waals surface area (Å²) >= 11 is 0. The number of hydrogen-bond donors (Lipinski definition) is 1. The first-order valence-corrected chi connectivity index (χ1v) is 9.26. The van der Waals surface area contributed by atoms with E-state index in [9.17, 15) is 14.4 Å². The van der Waals surface area contributed by atoms with E-state index in [1.165, 1.54) is 0 Å². The topological polar surface area (TPSA) is 77.9 Å². The van der Waals surface area contributed by atoms with Crippen LogP contribution in [0, 0.1) is 11.8 Å². The van der Waals surface area contributed by atoms with E-state index in [0.29, 0.717) is 6.54 Å². The number of amides is 2. The number of carbonyl (C=O) groups excluding carboxylic acids is 2. The van der Waals surface area contributed by atoms with E-state index in [0.717, 1.165) is 18.4 Å². The van der Waals surface area contributed by atoms with Crippen LogP contribution in [-0.2, 0) is 14.4 Å². The Morgan fingerprint density at radius 1 is 1.23 bits per heavy atom. The molecule has 140 valence electrons. The van der Waals surface area contributed by atoms with Gasteiger partial charge >= 0.3 is 5.97 Å². The van der Waals surface area contributed by atoms with Crippen LogP contribution in [0.2, 0.25) is 0 Å². The molecule has 3 rings (SSSR count). The first-order valence-electron chi connectivity index (χ1n) is 9.26. The van der Waals surface area contributed by atoms with Crippen LogP contribution in [0.5, 0.6) is 0 Å². The molecule has 1 saturated heterocycles. The molecule has 1 heterocycles. The molecule has 1 aromatic carbocycles. The Labute approximate surface area is 153 Å². The smallest absolute Gasteiger partial charge is 0.308 e. The summed E-state index contributed by atoms with van der Waals surface area (Å²) in [6, 6.07) is 9.85. The minimum absolute atomic E-state index is 0.0123. The molecule has 2 aliphatic rings. The number of aliphatic carboxylic acids is 1. The molecule has 3 unspecified atom stereocenters. The van der Waals surface area contributed by atoms with Gasteiger partial charge in [-0.2, -0.15) is 0 Å². The Hall–Kier alpha value is -2.37. The van der Waals surface area contributed by atoms with Crippen LogP contribution < -0.4 is 0 Å². The van der Waals surface area contributed by atoms with Crippen molar-refractivity contribution in [2.45, 2.75) is 45.2 Å². The highest BCUT2D eigenvalue weighted by Crippen LogP contribution is 2.33. The lowest BCUT2D eigenvalue weighted by molar-refractivity contribution is -0.144. The normalized spacial score (nSPS) is 22.2. The van der Waals surface area contributed by atoms with Crippen molar-refractivity contribution in [3.05, 3.63) is 35.9 Å². The second kappa shape index (κ2) is 7.48. The van der Waals surface area contributed by atoms with Crippen LogP contribution in [0.25, 0.3) is 0 Å². The average molecular weight is 358 g/mol. The zero-order valence-corrected chi connectivity index (χ0v) is 15.3. The lowest BCUT2D eigenvalue weighted by Gasteiger charge is -2.28. The summed E-state index contributed by atoms with van der Waals surface area (Å²) in [5.41, 5.74) is 1.05. The molecule has 1 N–H and O–H groups in total. The molecule has 3 atom stereocenters. The number of carbonyl (C=O) groups is 3. The predicted octanol–water partition coefficient (Wildman–Crippen LogP) is 2.31. The zero-order valence-electron chi connectivity index (χ0n) is 15.3. The van der Waals surface area contributed by atoms with Crippen LogP contribution >= 0.6 is 0 Å². The number of nitrogens with zero attached hydrogens (tertiary/aromatic N) is 2. The molecule has 0 radical (unpaired) electrons. The van der Waals surface area contributed by atoms with Crippen molar-refractivity contribution >= 4 is 17.8 Å². The van der Waals surface area contributed by atoms with Crippen molar-refractivity contribution in [1.29, 1.82) is 0 Å². The summed E-state index contributed by atoms with van der Waals surface area (Å²) in [5.74, 6) is -1.96. The number of carboxylic acid groups (broad SMARTS) is 1. The van der Waals surface area contributed by atoms with Gasteiger partial charge in [0.05, 0.1) is 17.9 Å². The fraction of sp³-hybridized carbons (Fsp3) is 0.550. The third kappa shape index (κ3) is 3.89. The molecule has 0 aromatic heterocycles. The minimum Gasteiger partial charge on any atom is -0.481 e. The van der Waals surface area contributed by atoms with E-state index >= 15 is 0 Å². The van der Waals surface area contributed by atoms with Crippen LogP contribution in [0.15, 0.2) is 30.3 Å². The second-order valence-electron chi connectivity index (χ2n) is 7.49. The number of rotatable bonds is 7. The van der Waals surface area contributed by atoms with Crippen molar-refractivity contribution in [2.75, 3.05) is 13.1 Å². The monoisotopic (exact) mass is 358 g/mol. The van der Waals surface area contributed by atoms with Crippen LogP contribution in [0.1, 0.15) is 44.7 Å². The van der Waals surface area contributed by atoms with Gasteiger partial charge in [-0.25, -0.2) is 0 Å². The van der Waals surface area contributed by atoms with E-state index in [1.807, 2.05) is 37.3 Å². The Morgan fingerprint density at radius 3 is 2.46 bits per heavy atom. The maximum absolute atomic E-state index is 13.0. The van der Waals surface area contributed by atoms with Gasteiger partial charge in [0, 0.05) is 25.6 Å². The largest absolute Gasteiger partial charge is 0.481 e. The molecule has 1 aliphatic heterocycles. The van der Waals surface area contributed by atoms with Crippen molar-refractivity contribution < 1.29 is 19.5 Å². The molecule has 6 heteroatoms. The quantitative estimate of drug-likeness (QED) is 0.811. The molecule has 1 saturated carbocycles. The fourth-order valence-corrected chi connectivity index (χ4v) is 3.60. The molecule has 1 aromatic rings. The Kier molecular flexibility index (Phi) is 5.30. The summed E-state index contributed by atoms with van der Waals surface area (Å²) in [4.78, 5) is 40.1. The van der Waals surface area contributed by atoms with Gasteiger partial charge in [0.2, 0.25) is 11.8 Å². The summed E-state index contributed by atoms with van der Waals surface area (Å²) in [6.07, 6.45) is 2.05. The lowest BCUT2D eigenvalue weighted by Crippen LogP contribution is -2.42. The van der Waals surface area contributed by atoms with Gasteiger partial charge in [-0.05, 0) is 25.3 Å². The standard InChI is InChI=1S/C20H26N2O4/c1-13(20(25)26)11-22(17-8-9-17)19(24)16-10-18(23)21(12-16)14(2)15-6-4-3-5-7-15/h3-7,13-14,16-17H,8-12H2,1-2H3,(H,25,26). The van der Waals surface area contributed by atoms with Crippen molar-refractivity contribution in [1.82, 2.24) is 9.80 Å². The molecule has 0 spiro atoms. The summed E-state index contributed by atoms with van der Waals surface area (Å²) in [7, 11) is 0. The predicted molar refractivity (Wildman–Crippen MR) is 96.2 cm³/mol. The van der Waals surface area contributed by atoms with Crippen molar-refractivity contribution in [3.8, 4) is 0 Å². The van der Waals surface area contributed by atoms with Gasteiger partial charge in [-0.3, -0.25) is 14.4 Å². The Bertz CT molecular complexity index is 686. The third-order valence-electron chi connectivity index (χ3n) is 5.42. The summed E-state index contributed by atoms with van der Waals surface area (Å²) < 4.78 is 0. The molecule has 6 nitrogen and oxygen atoms in total. The number of likely N-dealkylation sites (tertiary alicyclic amines) is 1. The zero-order chi connectivity index (χ0) is 18.8. The molecule has 0 bridgehead atoms. The third-order valence-corrected chi connectivity index (χ3v) is 5.42. The van der Waals surface area contributed by atoms with E-state index in [-0.39, 0.29) is 42.8 Å². The van der Waals surface area contributed by atoms with Gasteiger partial charge in [-0.15, -0.1) is 0 Å². The first-order chi connectivity index (χ1) is 12.4. The molecular weight excluding hydrogens is 332 g/mol. The van der Waals surface area contributed by atoms with Gasteiger partial charge < -0.3 is 14.9 Å². The highest BCUT2D eigenvalue weighted by molar-refractivity contribution is 5.90. The van der Waals surface area contributed by atoms with Gasteiger partial charge in [0.15, 0.2) is 0 Å². The van der Waals surface area contributed by atoms with Crippen LogP contribution in [0.4, 0.5) is 0 Å². The summed E-state index contributed by atoms with van der Waals surface area (Å²) in [6.45, 7) is 4.22. The number of benzene rings is 1. The molecule has 2 amide bonds. The van der Waals surface area contributed by atoms with Crippen molar-refractivity contribution in [2.24, 2.45) is 11.8 Å². The van der Waals surface area contributed by atoms with Crippen LogP contribution in [-0.4, -0.2) is 51.8 Å². The Balaban J connectivity index is 1.68. The van der Waals surface area contributed by atoms with Crippen LogP contribution in [0.3, 0.4) is 0 Å². The molecule has 2 fully saturated rings. The number of carboxylic acids is 1. The van der Waals surface area contributed by atoms with Gasteiger partial charge in [0.25, 0.3) is 0 Å². The van der Waals surface area contributed by atoms with Gasteiger partial charge in [-0.1, -0.05) is 37.3 Å². The van der Waals surface area contributed by atoms with E-state index in [1.54, 1.807) is 16.7 Å². The SMILES string of the molecule is CC(CN(C(=O)C1CC(=O)N(C(C)c2ccccc2)C1)C1CC1)C(=O)O. The molecule has 1 aliphatic carbocycles. The summed E-state index contributed by atoms with van der Waals surface area (Å²) in [5, 5.41) is 9.16. The maximum atomic E-state index is 13.0. The van der Waals surface area contributed by atoms with E-state index in [2.05, 4.69) is 0 Å². The highest BCUT2D eigenvalue weighted by Gasteiger charge is 2.42. The maximum Gasteiger partial charge on any atom is 0.308 e.